The molecule has 2 aromatic carbocycles. The van der Waals surface area contributed by atoms with E-state index in [0.717, 1.165) is 16.6 Å². The van der Waals surface area contributed by atoms with Gasteiger partial charge in [-0.25, -0.2) is 4.79 Å². The molecule has 0 amide bonds. The number of hydrogen-bond acceptors (Lipinski definition) is 3. The maximum Gasteiger partial charge on any atom is 0.355 e. The Hall–Kier alpha value is -3.60. The molecule has 0 radical (unpaired) electrons. The lowest BCUT2D eigenvalue weighted by molar-refractivity contribution is 0.0595. The van der Waals surface area contributed by atoms with E-state index in [1.807, 2.05) is 54.7 Å². The maximum absolute atomic E-state index is 12.4. The Morgan fingerprint density at radius 2 is 1.67 bits per heavy atom. The maximum atomic E-state index is 12.4. The zero-order valence-corrected chi connectivity index (χ0v) is 14.8. The second-order valence-electron chi connectivity index (χ2n) is 6.25. The molecule has 0 aliphatic heterocycles. The Morgan fingerprint density at radius 3 is 2.41 bits per heavy atom. The highest BCUT2D eigenvalue weighted by atomic mass is 16.5. The van der Waals surface area contributed by atoms with Crippen LogP contribution in [0.5, 0.6) is 0 Å². The number of H-pyrrole nitrogens is 1. The average Bonchev–Trinajstić information content (AvgIpc) is 3.15. The first kappa shape index (κ1) is 16.8. The SMILES string of the molecule is COC(=O)c1[nH]c(=O)c2ccccc2c1-c1cccn1Cc1ccccc1. The Bertz CT molecular complexity index is 1170. The van der Waals surface area contributed by atoms with Crippen molar-refractivity contribution in [2.45, 2.75) is 6.54 Å². The van der Waals surface area contributed by atoms with Gasteiger partial charge in [0.1, 0.15) is 5.69 Å². The summed E-state index contributed by atoms with van der Waals surface area (Å²) in [4.78, 5) is 27.5. The molecule has 2 aromatic heterocycles. The van der Waals surface area contributed by atoms with E-state index < -0.39 is 5.97 Å². The second-order valence-corrected chi connectivity index (χ2v) is 6.25. The summed E-state index contributed by atoms with van der Waals surface area (Å²) in [6.07, 6.45) is 1.96. The summed E-state index contributed by atoms with van der Waals surface area (Å²) in [6, 6.07) is 21.2. The van der Waals surface area contributed by atoms with Crippen LogP contribution in [0.3, 0.4) is 0 Å². The standard InChI is InChI=1S/C22H18N2O3/c1-27-22(26)20-19(16-10-5-6-11-17(16)21(25)23-20)18-12-7-13-24(18)14-15-8-3-2-4-9-15/h2-13H,14H2,1H3,(H,23,25). The predicted molar refractivity (Wildman–Crippen MR) is 105 cm³/mol. The number of nitrogens with zero attached hydrogens (tertiary/aromatic N) is 1. The highest BCUT2D eigenvalue weighted by Gasteiger charge is 2.21. The molecular weight excluding hydrogens is 340 g/mol. The number of benzene rings is 2. The number of pyridine rings is 1. The molecule has 0 saturated carbocycles. The van der Waals surface area contributed by atoms with Crippen molar-refractivity contribution >= 4 is 16.7 Å². The first-order valence-corrected chi connectivity index (χ1v) is 8.62. The van der Waals surface area contributed by atoms with E-state index in [1.165, 1.54) is 7.11 Å². The van der Waals surface area contributed by atoms with Crippen molar-refractivity contribution in [1.29, 1.82) is 0 Å². The van der Waals surface area contributed by atoms with Gasteiger partial charge in [0.05, 0.1) is 12.8 Å². The molecule has 0 atom stereocenters. The topological polar surface area (TPSA) is 64.1 Å². The van der Waals surface area contributed by atoms with Gasteiger partial charge in [0.25, 0.3) is 5.56 Å². The zero-order chi connectivity index (χ0) is 18.8. The lowest BCUT2D eigenvalue weighted by atomic mass is 10.0. The van der Waals surface area contributed by atoms with Gasteiger partial charge in [-0.15, -0.1) is 0 Å². The third kappa shape index (κ3) is 3.04. The molecule has 0 aliphatic carbocycles. The van der Waals surface area contributed by atoms with Crippen molar-refractivity contribution in [3.8, 4) is 11.3 Å². The summed E-state index contributed by atoms with van der Waals surface area (Å²) in [7, 11) is 1.31. The summed E-state index contributed by atoms with van der Waals surface area (Å²) in [5.74, 6) is -0.569. The first-order chi connectivity index (χ1) is 13.2. The van der Waals surface area contributed by atoms with E-state index >= 15 is 0 Å². The van der Waals surface area contributed by atoms with Crippen molar-refractivity contribution in [3.63, 3.8) is 0 Å². The fourth-order valence-corrected chi connectivity index (χ4v) is 3.36. The van der Waals surface area contributed by atoms with Crippen molar-refractivity contribution in [3.05, 3.63) is 94.5 Å². The third-order valence-electron chi connectivity index (χ3n) is 4.60. The van der Waals surface area contributed by atoms with Crippen LogP contribution < -0.4 is 5.56 Å². The van der Waals surface area contributed by atoms with Gasteiger partial charge < -0.3 is 14.3 Å². The van der Waals surface area contributed by atoms with Crippen LogP contribution in [0.4, 0.5) is 0 Å². The molecule has 5 nitrogen and oxygen atoms in total. The lowest BCUT2D eigenvalue weighted by Crippen LogP contribution is -2.17. The van der Waals surface area contributed by atoms with Gasteiger partial charge >= 0.3 is 5.97 Å². The second kappa shape index (κ2) is 6.96. The number of ether oxygens (including phenoxy) is 1. The van der Waals surface area contributed by atoms with E-state index in [9.17, 15) is 9.59 Å². The number of hydrogen-bond donors (Lipinski definition) is 1. The lowest BCUT2D eigenvalue weighted by Gasteiger charge is -2.15. The van der Waals surface area contributed by atoms with E-state index in [2.05, 4.69) is 21.7 Å². The van der Waals surface area contributed by atoms with Crippen LogP contribution in [0.25, 0.3) is 22.0 Å². The van der Waals surface area contributed by atoms with Crippen LogP contribution in [-0.4, -0.2) is 22.6 Å². The molecule has 1 N–H and O–H groups in total. The number of rotatable bonds is 4. The predicted octanol–water partition coefficient (Wildman–Crippen LogP) is 3.83. The average molecular weight is 358 g/mol. The van der Waals surface area contributed by atoms with Gasteiger partial charge in [-0.1, -0.05) is 48.5 Å². The molecule has 27 heavy (non-hydrogen) atoms. The summed E-state index contributed by atoms with van der Waals surface area (Å²) in [5.41, 5.74) is 2.50. The Kier molecular flexibility index (Phi) is 4.34. The van der Waals surface area contributed by atoms with Crippen LogP contribution in [0.15, 0.2) is 77.7 Å². The number of aromatic nitrogens is 2. The molecule has 0 unspecified atom stereocenters. The molecule has 0 spiro atoms. The van der Waals surface area contributed by atoms with E-state index in [1.54, 1.807) is 6.07 Å². The van der Waals surface area contributed by atoms with Crippen LogP contribution in [0.1, 0.15) is 16.1 Å². The van der Waals surface area contributed by atoms with Gasteiger partial charge in [0.15, 0.2) is 0 Å². The molecule has 4 aromatic rings. The minimum absolute atomic E-state index is 0.161. The minimum atomic E-state index is -0.569. The Balaban J connectivity index is 1.97. The smallest absolute Gasteiger partial charge is 0.355 e. The molecule has 0 fully saturated rings. The van der Waals surface area contributed by atoms with E-state index in [4.69, 9.17) is 4.74 Å². The molecule has 134 valence electrons. The number of fused-ring (bicyclic) bond motifs is 1. The van der Waals surface area contributed by atoms with Crippen LogP contribution in [0, 0.1) is 0 Å². The largest absolute Gasteiger partial charge is 0.464 e. The fourth-order valence-electron chi connectivity index (χ4n) is 3.36. The highest BCUT2D eigenvalue weighted by Crippen LogP contribution is 2.31. The van der Waals surface area contributed by atoms with Crippen molar-refractivity contribution < 1.29 is 9.53 Å². The quantitative estimate of drug-likeness (QED) is 0.564. The summed E-state index contributed by atoms with van der Waals surface area (Å²) >= 11 is 0. The van der Waals surface area contributed by atoms with Crippen molar-refractivity contribution in [2.24, 2.45) is 0 Å². The van der Waals surface area contributed by atoms with Crippen molar-refractivity contribution in [1.82, 2.24) is 9.55 Å². The highest BCUT2D eigenvalue weighted by molar-refractivity contribution is 6.05. The van der Waals surface area contributed by atoms with Gasteiger partial charge in [-0.3, -0.25) is 4.79 Å². The summed E-state index contributed by atoms with van der Waals surface area (Å²) < 4.78 is 6.98. The van der Waals surface area contributed by atoms with Gasteiger partial charge in [0, 0.05) is 23.7 Å². The molecule has 0 aliphatic rings. The fraction of sp³-hybridized carbons (Fsp3) is 0.0909. The van der Waals surface area contributed by atoms with Gasteiger partial charge in [-0.05, 0) is 29.1 Å². The first-order valence-electron chi connectivity index (χ1n) is 8.62. The van der Waals surface area contributed by atoms with E-state index in [0.29, 0.717) is 17.5 Å². The van der Waals surface area contributed by atoms with Crippen molar-refractivity contribution in [2.75, 3.05) is 7.11 Å². The number of carbonyl (C=O) groups excluding carboxylic acids is 1. The zero-order valence-electron chi connectivity index (χ0n) is 14.8. The molecule has 4 rings (SSSR count). The number of methoxy groups -OCH3 is 1. The molecule has 0 bridgehead atoms. The van der Waals surface area contributed by atoms with Crippen LogP contribution >= 0.6 is 0 Å². The van der Waals surface area contributed by atoms with Gasteiger partial charge in [0.2, 0.25) is 0 Å². The number of esters is 1. The van der Waals surface area contributed by atoms with E-state index in [-0.39, 0.29) is 11.3 Å². The van der Waals surface area contributed by atoms with Gasteiger partial charge in [-0.2, -0.15) is 0 Å². The van der Waals surface area contributed by atoms with Crippen LogP contribution in [-0.2, 0) is 11.3 Å². The summed E-state index contributed by atoms with van der Waals surface area (Å²) in [5, 5.41) is 1.25. The number of nitrogens with one attached hydrogen (secondary N) is 1. The Labute approximate surface area is 155 Å². The number of aromatic amines is 1. The van der Waals surface area contributed by atoms with Crippen LogP contribution in [0.2, 0.25) is 0 Å². The minimum Gasteiger partial charge on any atom is -0.464 e. The third-order valence-corrected chi connectivity index (χ3v) is 4.60. The molecule has 2 heterocycles. The molecule has 0 saturated heterocycles. The normalized spacial score (nSPS) is 10.9. The Morgan fingerprint density at radius 1 is 0.963 bits per heavy atom. The summed E-state index contributed by atoms with van der Waals surface area (Å²) in [6.45, 7) is 0.650. The molecular formula is C22H18N2O3. The number of carbonyl (C=O) groups is 1. The monoisotopic (exact) mass is 358 g/mol. The molecule has 5 heteroatoms.